The highest BCUT2D eigenvalue weighted by Gasteiger charge is 2.49. The zero-order valence-corrected chi connectivity index (χ0v) is 38.9. The second kappa shape index (κ2) is 23.0. The van der Waals surface area contributed by atoms with Gasteiger partial charge in [0, 0.05) is 22.1 Å². The fraction of sp³-hybridized carbons (Fsp3) is 0.164. The maximum absolute atomic E-state index is 14.5. The molecule has 12 heteroatoms. The minimum absolute atomic E-state index is 0.0611. The van der Waals surface area contributed by atoms with E-state index in [-0.39, 0.29) is 45.5 Å². The van der Waals surface area contributed by atoms with Gasteiger partial charge in [-0.05, 0) is 71.4 Å². The van der Waals surface area contributed by atoms with Crippen molar-refractivity contribution in [2.75, 3.05) is 10.6 Å². The number of nitrogens with zero attached hydrogens (tertiary/aromatic N) is 4. The second-order valence-corrected chi connectivity index (χ2v) is 13.5. The Labute approximate surface area is 391 Å². The van der Waals surface area contributed by atoms with Crippen LogP contribution in [-0.4, -0.2) is 18.0 Å². The molecule has 2 N–H and O–H groups in total. The van der Waals surface area contributed by atoms with Crippen LogP contribution in [0.25, 0.3) is 21.5 Å². The smallest absolute Gasteiger partial charge is 0.384 e. The summed E-state index contributed by atoms with van der Waals surface area (Å²) in [6.07, 6.45) is -2.66. The molecule has 0 bridgehead atoms. The molecule has 67 heavy (non-hydrogen) atoms. The summed E-state index contributed by atoms with van der Waals surface area (Å²) in [5.74, 6) is -0.932. The number of hydrogen-bond acceptors (Lipinski definition) is 10. The second-order valence-electron chi connectivity index (χ2n) is 13.5. The number of azo groups is 2. The maximum Gasteiger partial charge on any atom is 0.611 e. The van der Waals surface area contributed by atoms with Crippen molar-refractivity contribution in [1.29, 1.82) is 0 Å². The summed E-state index contributed by atoms with van der Waals surface area (Å²) in [7, 11) is 0. The first kappa shape index (κ1) is 48.1. The number of para-hydroxylation sites is 4. The Kier molecular flexibility index (Phi) is 16.5. The van der Waals surface area contributed by atoms with Gasteiger partial charge in [-0.2, -0.15) is 0 Å². The van der Waals surface area contributed by atoms with E-state index in [2.05, 4.69) is 20.9 Å². The molecule has 2 heterocycles. The average molecular weight is 895 g/mol. The highest BCUT2D eigenvalue weighted by atomic mass is 17.0. The molecule has 0 atom stereocenters. The fourth-order valence-electron chi connectivity index (χ4n) is 6.91. The van der Waals surface area contributed by atoms with Crippen LogP contribution in [0.1, 0.15) is 76.1 Å². The summed E-state index contributed by atoms with van der Waals surface area (Å²) in [5, 5.41) is 27.2. The van der Waals surface area contributed by atoms with Gasteiger partial charge in [0.2, 0.25) is 0 Å². The molecule has 0 unspecified atom stereocenters. The summed E-state index contributed by atoms with van der Waals surface area (Å²) in [6, 6.07) is 50.0. The Morgan fingerprint density at radius 3 is 1.15 bits per heavy atom. The number of benzene rings is 8. The highest BCUT2D eigenvalue weighted by molar-refractivity contribution is 6.13. The monoisotopic (exact) mass is 894 g/mol. The van der Waals surface area contributed by atoms with Crippen LogP contribution in [0, 0.1) is 0 Å². The number of hydrogen-bond donors (Lipinski definition) is 2. The van der Waals surface area contributed by atoms with Gasteiger partial charge in [-0.1, -0.05) is 165 Å². The number of carbonyl (C=O) groups is 2. The molecule has 8 aromatic carbocycles. The van der Waals surface area contributed by atoms with E-state index < -0.39 is 18.0 Å². The number of amides is 2. The number of fused-ring (bicyclic) bond motifs is 8. The Balaban J connectivity index is 0.000000881. The van der Waals surface area contributed by atoms with Crippen LogP contribution < -0.4 is 29.6 Å². The SMILES string of the molecule is CC.CC.CC.CC.O=C(Nc1ccccc1)c1cc2ccccc2c2c1OC1(Oc3ccccc3N=N2)Oc2ccccc2N=Nc2c(c(C(=O)Nc3ccccc3)cc3ccccc23)O1. The van der Waals surface area contributed by atoms with Gasteiger partial charge in [0.05, 0.1) is 11.1 Å². The lowest BCUT2D eigenvalue weighted by molar-refractivity contribution is -0.366. The molecule has 0 fully saturated rings. The first-order chi connectivity index (χ1) is 33.0. The molecule has 0 aliphatic carbocycles. The van der Waals surface area contributed by atoms with Gasteiger partial charge >= 0.3 is 6.16 Å². The van der Waals surface area contributed by atoms with Gasteiger partial charge in [0.1, 0.15) is 22.7 Å². The van der Waals surface area contributed by atoms with E-state index >= 15 is 0 Å². The largest absolute Gasteiger partial charge is 0.611 e. The number of carbonyl (C=O) groups excluding carboxylic acids is 2. The van der Waals surface area contributed by atoms with Crippen molar-refractivity contribution < 1.29 is 28.5 Å². The summed E-state index contributed by atoms with van der Waals surface area (Å²) < 4.78 is 27.5. The Bertz CT molecular complexity index is 2810. The van der Waals surface area contributed by atoms with Gasteiger partial charge in [0.25, 0.3) is 11.8 Å². The number of anilines is 2. The third-order valence-corrected chi connectivity index (χ3v) is 9.67. The minimum atomic E-state index is -2.66. The molecule has 340 valence electrons. The van der Waals surface area contributed by atoms with E-state index in [1.165, 1.54) is 0 Å². The molecular weight excluding hydrogens is 841 g/mol. The van der Waals surface area contributed by atoms with E-state index in [1.807, 2.05) is 140 Å². The molecule has 8 aromatic rings. The fourth-order valence-corrected chi connectivity index (χ4v) is 6.91. The molecule has 2 aliphatic rings. The topological polar surface area (TPSA) is 145 Å². The van der Waals surface area contributed by atoms with Crippen molar-refractivity contribution in [2.24, 2.45) is 20.5 Å². The molecule has 0 radical (unpaired) electrons. The van der Waals surface area contributed by atoms with Crippen molar-refractivity contribution in [3.05, 3.63) is 181 Å². The Morgan fingerprint density at radius 2 is 0.746 bits per heavy atom. The van der Waals surface area contributed by atoms with Crippen molar-refractivity contribution in [3.8, 4) is 23.0 Å². The van der Waals surface area contributed by atoms with Crippen LogP contribution in [-0.2, 0) is 0 Å². The van der Waals surface area contributed by atoms with Crippen molar-refractivity contribution in [1.82, 2.24) is 0 Å². The number of rotatable bonds is 4. The molecular formula is C55H54N6O6. The lowest BCUT2D eigenvalue weighted by atomic mass is 10.0. The third-order valence-electron chi connectivity index (χ3n) is 9.67. The van der Waals surface area contributed by atoms with Crippen molar-refractivity contribution in [3.63, 3.8) is 0 Å². The zero-order valence-electron chi connectivity index (χ0n) is 38.9. The zero-order chi connectivity index (χ0) is 47.8. The van der Waals surface area contributed by atoms with Gasteiger partial charge in [0.15, 0.2) is 23.0 Å². The van der Waals surface area contributed by atoms with Gasteiger partial charge in [-0.3, -0.25) is 9.59 Å². The van der Waals surface area contributed by atoms with E-state index in [0.29, 0.717) is 44.3 Å². The minimum Gasteiger partial charge on any atom is -0.384 e. The van der Waals surface area contributed by atoms with Crippen molar-refractivity contribution >= 4 is 67.5 Å². The van der Waals surface area contributed by atoms with E-state index in [0.717, 1.165) is 0 Å². The van der Waals surface area contributed by atoms with Gasteiger partial charge in [-0.15, -0.1) is 20.5 Å². The molecule has 0 saturated carbocycles. The lowest BCUT2D eigenvalue weighted by Gasteiger charge is -2.33. The van der Waals surface area contributed by atoms with Gasteiger partial charge in [-0.25, -0.2) is 0 Å². The van der Waals surface area contributed by atoms with Crippen LogP contribution in [0.4, 0.5) is 34.1 Å². The van der Waals surface area contributed by atoms with Gasteiger partial charge < -0.3 is 29.6 Å². The maximum atomic E-state index is 14.5. The first-order valence-electron chi connectivity index (χ1n) is 22.6. The molecule has 12 nitrogen and oxygen atoms in total. The predicted octanol–water partition coefficient (Wildman–Crippen LogP) is 16.3. The standard InChI is InChI=1S/C47H30N6O6.4C2H6/c54-45(48-31-17-3-1-4-18-31)35-27-29-15-7-9-21-33(29)41-43(35)58-47(56-39-25-13-11-23-37(39)50-52-41)57-40-26-14-12-24-38(40)51-53-42-34-22-10-8-16-30(34)28-36(44(42)59-47)46(55)49-32-19-5-2-6-20-32;4*1-2/h1-28H,(H,48,54)(H,49,55);4*1-2H3. The highest BCUT2D eigenvalue weighted by Crippen LogP contribution is 2.50. The predicted molar refractivity (Wildman–Crippen MR) is 269 cm³/mol. The summed E-state index contributed by atoms with van der Waals surface area (Å²) in [4.78, 5) is 28.9. The molecule has 0 aromatic heterocycles. The Hall–Kier alpha value is -8.38. The molecule has 1 spiro atoms. The average Bonchev–Trinajstić information content (AvgIpc) is 3.50. The van der Waals surface area contributed by atoms with Crippen LogP contribution in [0.3, 0.4) is 0 Å². The van der Waals surface area contributed by atoms with Crippen LogP contribution >= 0.6 is 0 Å². The van der Waals surface area contributed by atoms with Crippen LogP contribution in [0.15, 0.2) is 190 Å². The number of nitrogens with one attached hydrogen (secondary N) is 2. The summed E-state index contributed by atoms with van der Waals surface area (Å²) in [6.45, 7) is 16.0. The van der Waals surface area contributed by atoms with E-state index in [9.17, 15) is 9.59 Å². The lowest BCUT2D eigenvalue weighted by Crippen LogP contribution is -2.54. The first-order valence-corrected chi connectivity index (χ1v) is 22.6. The van der Waals surface area contributed by atoms with Crippen LogP contribution in [0.2, 0.25) is 0 Å². The molecule has 0 saturated heterocycles. The molecule has 2 aliphatic heterocycles. The normalized spacial score (nSPS) is 13.6. The quantitative estimate of drug-likeness (QED) is 0.180. The number of ether oxygens (including phenoxy) is 4. The van der Waals surface area contributed by atoms with Crippen molar-refractivity contribution in [2.45, 2.75) is 61.5 Å². The molecule has 2 amide bonds. The summed E-state index contributed by atoms with van der Waals surface area (Å²) in [5.41, 5.74) is 2.18. The molecule has 10 rings (SSSR count). The van der Waals surface area contributed by atoms with E-state index in [4.69, 9.17) is 29.2 Å². The summed E-state index contributed by atoms with van der Waals surface area (Å²) >= 11 is 0. The Morgan fingerprint density at radius 1 is 0.403 bits per heavy atom. The van der Waals surface area contributed by atoms with Crippen LogP contribution in [0.5, 0.6) is 23.0 Å². The van der Waals surface area contributed by atoms with E-state index in [1.54, 1.807) is 84.9 Å². The third kappa shape index (κ3) is 10.6.